The normalized spacial score (nSPS) is 15.4. The number of likely N-dealkylation sites (tertiary alicyclic amines) is 1. The first kappa shape index (κ1) is 21.0. The van der Waals surface area contributed by atoms with Gasteiger partial charge in [0.15, 0.2) is 5.58 Å². The molecule has 0 bridgehead atoms. The lowest BCUT2D eigenvalue weighted by molar-refractivity contribution is 0.214. The van der Waals surface area contributed by atoms with Crippen LogP contribution in [0.3, 0.4) is 0 Å². The van der Waals surface area contributed by atoms with Crippen molar-refractivity contribution in [3.05, 3.63) is 42.2 Å². The molecule has 2 aromatic heterocycles. The summed E-state index contributed by atoms with van der Waals surface area (Å²) in [5, 5.41) is 4.94. The number of halogens is 1. The number of aromatic nitrogens is 1. The highest BCUT2D eigenvalue weighted by Crippen LogP contribution is 2.38. The number of fused-ring (bicyclic) bond motifs is 4. The molecule has 4 aromatic rings. The summed E-state index contributed by atoms with van der Waals surface area (Å²) in [6, 6.07) is 10.4. The van der Waals surface area contributed by atoms with Crippen molar-refractivity contribution in [3.63, 3.8) is 0 Å². The van der Waals surface area contributed by atoms with Gasteiger partial charge >= 0.3 is 0 Å². The number of hydrogen-bond acceptors (Lipinski definition) is 6. The number of anilines is 1. The molecule has 0 amide bonds. The van der Waals surface area contributed by atoms with Gasteiger partial charge in [-0.15, -0.1) is 0 Å². The summed E-state index contributed by atoms with van der Waals surface area (Å²) in [6.07, 6.45) is 5.21. The molecule has 1 saturated heterocycles. The topological polar surface area (TPSA) is 76.6 Å². The molecular weight excluding hydrogens is 407 g/mol. The summed E-state index contributed by atoms with van der Waals surface area (Å²) >= 11 is 0. The Hall–Kier alpha value is -2.90. The average molecular weight is 437 g/mol. The van der Waals surface area contributed by atoms with Gasteiger partial charge in [-0.3, -0.25) is 4.90 Å². The quantitative estimate of drug-likeness (QED) is 0.429. The predicted molar refractivity (Wildman–Crippen MR) is 127 cm³/mol. The lowest BCUT2D eigenvalue weighted by Gasteiger charge is -2.19. The zero-order valence-electron chi connectivity index (χ0n) is 18.2. The largest absolute Gasteiger partial charge is 0.492 e. The third kappa shape index (κ3) is 4.23. The molecule has 0 atom stereocenters. The average Bonchev–Trinajstić information content (AvgIpc) is 2.96. The number of nitrogens with zero attached hydrogens (tertiary/aromatic N) is 2. The molecule has 0 radical (unpaired) electrons. The molecule has 7 heteroatoms. The summed E-state index contributed by atoms with van der Waals surface area (Å²) in [4.78, 5) is 7.27. The second-order valence-corrected chi connectivity index (χ2v) is 8.41. The van der Waals surface area contributed by atoms with Crippen LogP contribution in [0.15, 0.2) is 40.8 Å². The monoisotopic (exact) mass is 436 g/mol. The number of furan rings is 1. The second kappa shape index (κ2) is 9.30. The molecular formula is C25H29FN4O2. The van der Waals surface area contributed by atoms with E-state index in [2.05, 4.69) is 10.2 Å². The van der Waals surface area contributed by atoms with Crippen molar-refractivity contribution in [3.8, 4) is 5.75 Å². The molecule has 6 nitrogen and oxygen atoms in total. The standard InChI is InChI=1S/C25H29FN4O2/c26-17-5-8-22-20(15-17)24-25(32-22)23(28-10-9-27)19-16-18(6-7-21(19)29-24)31-14-13-30-11-3-1-2-4-12-30/h5-8,15-16H,1-4,9-14,27H2,(H,28,29). The van der Waals surface area contributed by atoms with E-state index in [1.165, 1.54) is 37.8 Å². The van der Waals surface area contributed by atoms with Crippen LogP contribution in [-0.4, -0.2) is 49.2 Å². The van der Waals surface area contributed by atoms with E-state index in [0.717, 1.165) is 42.0 Å². The van der Waals surface area contributed by atoms with E-state index in [9.17, 15) is 4.39 Å². The van der Waals surface area contributed by atoms with Crippen molar-refractivity contribution in [1.82, 2.24) is 9.88 Å². The Bertz CT molecular complexity index is 1230. The van der Waals surface area contributed by atoms with Crippen LogP contribution in [0.2, 0.25) is 0 Å². The molecule has 1 aliphatic rings. The number of benzene rings is 2. The Balaban J connectivity index is 1.48. The van der Waals surface area contributed by atoms with Crippen molar-refractivity contribution >= 4 is 38.7 Å². The minimum absolute atomic E-state index is 0.313. The maximum atomic E-state index is 13.9. The summed E-state index contributed by atoms with van der Waals surface area (Å²) in [7, 11) is 0. The fourth-order valence-electron chi connectivity index (χ4n) is 4.51. The van der Waals surface area contributed by atoms with Crippen molar-refractivity contribution in [1.29, 1.82) is 0 Å². The fourth-order valence-corrected chi connectivity index (χ4v) is 4.51. The SMILES string of the molecule is NCCNc1c2cc(OCCN3CCCCCC3)ccc2nc2c1oc1ccc(F)cc12. The Morgan fingerprint density at radius 1 is 1.06 bits per heavy atom. The van der Waals surface area contributed by atoms with Crippen LogP contribution in [0.4, 0.5) is 10.1 Å². The number of nitrogens with two attached hydrogens (primary N) is 1. The Morgan fingerprint density at radius 3 is 2.72 bits per heavy atom. The van der Waals surface area contributed by atoms with E-state index < -0.39 is 0 Å². The van der Waals surface area contributed by atoms with Gasteiger partial charge in [-0.1, -0.05) is 12.8 Å². The van der Waals surface area contributed by atoms with Crippen LogP contribution in [0, 0.1) is 5.82 Å². The molecule has 1 aliphatic heterocycles. The predicted octanol–water partition coefficient (Wildman–Crippen LogP) is 4.90. The van der Waals surface area contributed by atoms with Crippen LogP contribution >= 0.6 is 0 Å². The smallest absolute Gasteiger partial charge is 0.177 e. The molecule has 0 spiro atoms. The lowest BCUT2D eigenvalue weighted by Crippen LogP contribution is -2.29. The van der Waals surface area contributed by atoms with E-state index in [0.29, 0.717) is 41.8 Å². The number of pyridine rings is 1. The molecule has 168 valence electrons. The third-order valence-electron chi connectivity index (χ3n) is 6.14. The van der Waals surface area contributed by atoms with Crippen molar-refractivity contribution in [2.24, 2.45) is 5.73 Å². The Morgan fingerprint density at radius 2 is 1.91 bits per heavy atom. The fraction of sp³-hybridized carbons (Fsp3) is 0.400. The van der Waals surface area contributed by atoms with Gasteiger partial charge in [-0.2, -0.15) is 0 Å². The molecule has 0 aliphatic carbocycles. The molecule has 32 heavy (non-hydrogen) atoms. The summed E-state index contributed by atoms with van der Waals surface area (Å²) < 4.78 is 26.0. The molecule has 2 aromatic carbocycles. The van der Waals surface area contributed by atoms with Gasteiger partial charge in [0.05, 0.1) is 11.2 Å². The van der Waals surface area contributed by atoms with E-state index in [1.54, 1.807) is 6.07 Å². The Labute approximate surface area is 186 Å². The van der Waals surface area contributed by atoms with E-state index >= 15 is 0 Å². The van der Waals surface area contributed by atoms with Crippen LogP contribution in [0.1, 0.15) is 25.7 Å². The minimum atomic E-state index is -0.313. The first-order chi connectivity index (χ1) is 15.7. The third-order valence-corrected chi connectivity index (χ3v) is 6.14. The number of hydrogen-bond donors (Lipinski definition) is 2. The number of nitrogens with one attached hydrogen (secondary N) is 1. The van der Waals surface area contributed by atoms with Gasteiger partial charge in [0.1, 0.15) is 29.3 Å². The van der Waals surface area contributed by atoms with Crippen molar-refractivity contribution < 1.29 is 13.5 Å². The van der Waals surface area contributed by atoms with Crippen LogP contribution in [0.5, 0.6) is 5.75 Å². The van der Waals surface area contributed by atoms with E-state index in [4.69, 9.17) is 19.9 Å². The maximum absolute atomic E-state index is 13.9. The highest BCUT2D eigenvalue weighted by Gasteiger charge is 2.17. The number of ether oxygens (including phenoxy) is 1. The molecule has 3 N–H and O–H groups in total. The summed E-state index contributed by atoms with van der Waals surface area (Å²) in [6.45, 7) is 4.96. The van der Waals surface area contributed by atoms with Gasteiger partial charge in [0.25, 0.3) is 0 Å². The highest BCUT2D eigenvalue weighted by molar-refractivity contribution is 6.14. The summed E-state index contributed by atoms with van der Waals surface area (Å²) in [5.74, 6) is 0.484. The molecule has 1 fully saturated rings. The molecule has 0 saturated carbocycles. The van der Waals surface area contributed by atoms with Crippen LogP contribution in [0.25, 0.3) is 33.0 Å². The lowest BCUT2D eigenvalue weighted by atomic mass is 10.1. The molecule has 5 rings (SSSR count). The zero-order chi connectivity index (χ0) is 21.9. The highest BCUT2D eigenvalue weighted by atomic mass is 19.1. The minimum Gasteiger partial charge on any atom is -0.492 e. The van der Waals surface area contributed by atoms with Crippen molar-refractivity contribution in [2.45, 2.75) is 25.7 Å². The van der Waals surface area contributed by atoms with Gasteiger partial charge in [0, 0.05) is 30.4 Å². The van der Waals surface area contributed by atoms with Crippen LogP contribution in [-0.2, 0) is 0 Å². The zero-order valence-corrected chi connectivity index (χ0v) is 18.2. The summed E-state index contributed by atoms with van der Waals surface area (Å²) in [5.41, 5.74) is 9.21. The Kier molecular flexibility index (Phi) is 6.10. The van der Waals surface area contributed by atoms with Gasteiger partial charge in [-0.25, -0.2) is 9.37 Å². The van der Waals surface area contributed by atoms with Gasteiger partial charge in [-0.05, 0) is 62.3 Å². The number of rotatable bonds is 7. The first-order valence-electron chi connectivity index (χ1n) is 11.5. The van der Waals surface area contributed by atoms with Gasteiger partial charge in [0.2, 0.25) is 0 Å². The van der Waals surface area contributed by atoms with Gasteiger partial charge < -0.3 is 20.2 Å². The van der Waals surface area contributed by atoms with E-state index in [1.807, 2.05) is 18.2 Å². The van der Waals surface area contributed by atoms with Crippen molar-refractivity contribution in [2.75, 3.05) is 44.6 Å². The first-order valence-corrected chi connectivity index (χ1v) is 11.5. The van der Waals surface area contributed by atoms with E-state index in [-0.39, 0.29) is 5.82 Å². The maximum Gasteiger partial charge on any atom is 0.177 e. The molecule has 3 heterocycles. The molecule has 0 unspecified atom stereocenters. The van der Waals surface area contributed by atoms with Crippen LogP contribution < -0.4 is 15.8 Å². The second-order valence-electron chi connectivity index (χ2n) is 8.41.